The molecule has 42 heavy (non-hydrogen) atoms. The number of carbonyl (C=O) groups is 2. The zero-order valence-corrected chi connectivity index (χ0v) is 25.7. The van der Waals surface area contributed by atoms with Gasteiger partial charge in [-0.1, -0.05) is 29.8 Å². The fourth-order valence-corrected chi connectivity index (χ4v) is 6.38. The lowest BCUT2D eigenvalue weighted by Gasteiger charge is -2.26. The van der Waals surface area contributed by atoms with E-state index in [9.17, 15) is 14.7 Å². The maximum absolute atomic E-state index is 13.7. The molecule has 0 aliphatic heterocycles. The fraction of sp³-hybridized carbons (Fsp3) is 0.424. The number of aromatic nitrogens is 3. The van der Waals surface area contributed by atoms with Gasteiger partial charge in [0.05, 0.1) is 23.7 Å². The van der Waals surface area contributed by atoms with Crippen LogP contribution in [0.4, 0.5) is 0 Å². The Hall–Kier alpha value is -3.78. The summed E-state index contributed by atoms with van der Waals surface area (Å²) in [6.45, 7) is 8.49. The minimum absolute atomic E-state index is 0.0469. The summed E-state index contributed by atoms with van der Waals surface area (Å²) >= 11 is 6.32. The molecule has 1 aliphatic carbocycles. The Morgan fingerprint density at radius 3 is 2.43 bits per heavy atom. The van der Waals surface area contributed by atoms with Crippen molar-refractivity contribution in [2.75, 3.05) is 6.61 Å². The highest BCUT2D eigenvalue weighted by Gasteiger charge is 2.28. The standard InChI is InChI=1S/C33H39ClN4O4/c1-18-16-24(17-19(2)29(18)34)42-15-7-10-26-25-8-6-9-27(28-20(3)37-38(5)21(28)4)30(25)36-31(26)32(39)35-23-13-11-22(12-14-23)33(40)41/h6,8-9,16-17,22-23,36H,7,10-15H2,1-5H3,(H,35,39)(H,40,41)/t22-,23-. The number of hydrogen-bond acceptors (Lipinski definition) is 4. The van der Waals surface area contributed by atoms with Crippen LogP contribution < -0.4 is 10.1 Å². The second-order valence-electron chi connectivity index (χ2n) is 11.6. The van der Waals surface area contributed by atoms with E-state index in [0.717, 1.165) is 60.9 Å². The van der Waals surface area contributed by atoms with E-state index in [4.69, 9.17) is 16.3 Å². The van der Waals surface area contributed by atoms with Gasteiger partial charge in [0.25, 0.3) is 5.91 Å². The predicted molar refractivity (Wildman–Crippen MR) is 166 cm³/mol. The van der Waals surface area contributed by atoms with Crippen LogP contribution in [0.2, 0.25) is 5.02 Å². The van der Waals surface area contributed by atoms with Crippen LogP contribution in [0.25, 0.3) is 22.0 Å². The smallest absolute Gasteiger partial charge is 0.306 e. The van der Waals surface area contributed by atoms with Crippen molar-refractivity contribution in [3.8, 4) is 16.9 Å². The first-order chi connectivity index (χ1) is 20.0. The molecule has 0 unspecified atom stereocenters. The largest absolute Gasteiger partial charge is 0.494 e. The zero-order chi connectivity index (χ0) is 30.1. The molecular weight excluding hydrogens is 552 g/mol. The number of benzene rings is 2. The highest BCUT2D eigenvalue weighted by molar-refractivity contribution is 6.32. The molecule has 1 saturated carbocycles. The lowest BCUT2D eigenvalue weighted by atomic mass is 9.86. The average molecular weight is 591 g/mol. The van der Waals surface area contributed by atoms with E-state index in [0.29, 0.717) is 50.8 Å². The van der Waals surface area contributed by atoms with Crippen molar-refractivity contribution in [3.05, 3.63) is 69.1 Å². The topological polar surface area (TPSA) is 109 Å². The Kier molecular flexibility index (Phi) is 8.64. The van der Waals surface area contributed by atoms with Crippen LogP contribution in [0.15, 0.2) is 30.3 Å². The fourth-order valence-electron chi connectivity index (χ4n) is 6.27. The van der Waals surface area contributed by atoms with Crippen molar-refractivity contribution >= 4 is 34.4 Å². The molecule has 2 heterocycles. The summed E-state index contributed by atoms with van der Waals surface area (Å²) in [6, 6.07) is 10.0. The number of carbonyl (C=O) groups excluding carboxylic acids is 1. The zero-order valence-electron chi connectivity index (χ0n) is 24.9. The maximum atomic E-state index is 13.7. The predicted octanol–water partition coefficient (Wildman–Crippen LogP) is 6.84. The van der Waals surface area contributed by atoms with Gasteiger partial charge in [-0.15, -0.1) is 0 Å². The monoisotopic (exact) mass is 590 g/mol. The number of nitrogens with zero attached hydrogens (tertiary/aromatic N) is 2. The number of halogens is 1. The molecule has 0 atom stereocenters. The number of rotatable bonds is 9. The number of aliphatic carboxylic acids is 1. The van der Waals surface area contributed by atoms with E-state index in [2.05, 4.69) is 34.5 Å². The Morgan fingerprint density at radius 2 is 1.81 bits per heavy atom. The summed E-state index contributed by atoms with van der Waals surface area (Å²) in [4.78, 5) is 28.6. The Bertz CT molecular complexity index is 1620. The van der Waals surface area contributed by atoms with Gasteiger partial charge in [-0.3, -0.25) is 14.3 Å². The number of carboxylic acid groups (broad SMARTS) is 1. The van der Waals surface area contributed by atoms with Crippen molar-refractivity contribution < 1.29 is 19.4 Å². The van der Waals surface area contributed by atoms with Gasteiger partial charge in [0.2, 0.25) is 0 Å². The number of fused-ring (bicyclic) bond motifs is 1. The number of aryl methyl sites for hydroxylation is 5. The number of carboxylic acids is 1. The molecule has 0 bridgehead atoms. The van der Waals surface area contributed by atoms with Gasteiger partial charge < -0.3 is 20.1 Å². The quantitative estimate of drug-likeness (QED) is 0.185. The molecule has 1 aliphatic rings. The molecule has 1 fully saturated rings. The van der Waals surface area contributed by atoms with Gasteiger partial charge in [-0.2, -0.15) is 5.10 Å². The third-order valence-electron chi connectivity index (χ3n) is 8.61. The number of aromatic amines is 1. The van der Waals surface area contributed by atoms with Gasteiger partial charge in [-0.25, -0.2) is 0 Å². The molecule has 1 amide bonds. The van der Waals surface area contributed by atoms with E-state index in [1.807, 2.05) is 50.7 Å². The first kappa shape index (κ1) is 29.7. The lowest BCUT2D eigenvalue weighted by Crippen LogP contribution is -2.39. The van der Waals surface area contributed by atoms with E-state index in [1.165, 1.54) is 0 Å². The average Bonchev–Trinajstić information content (AvgIpc) is 3.45. The first-order valence-electron chi connectivity index (χ1n) is 14.6. The van der Waals surface area contributed by atoms with E-state index < -0.39 is 5.97 Å². The second-order valence-corrected chi connectivity index (χ2v) is 11.9. The Morgan fingerprint density at radius 1 is 1.12 bits per heavy atom. The molecule has 3 N–H and O–H groups in total. The molecule has 4 aromatic rings. The number of ether oxygens (including phenoxy) is 1. The molecule has 222 valence electrons. The molecule has 0 radical (unpaired) electrons. The highest BCUT2D eigenvalue weighted by atomic mass is 35.5. The molecule has 0 spiro atoms. The van der Waals surface area contributed by atoms with Crippen LogP contribution >= 0.6 is 11.6 Å². The summed E-state index contributed by atoms with van der Waals surface area (Å²) in [5.41, 5.74) is 8.44. The van der Waals surface area contributed by atoms with Crippen LogP contribution in [0.1, 0.15) is 70.7 Å². The summed E-state index contributed by atoms with van der Waals surface area (Å²) in [7, 11) is 1.94. The minimum atomic E-state index is -0.752. The van der Waals surface area contributed by atoms with Crippen molar-refractivity contribution in [2.24, 2.45) is 13.0 Å². The summed E-state index contributed by atoms with van der Waals surface area (Å²) in [5.74, 6) is -0.454. The number of para-hydroxylation sites is 1. The van der Waals surface area contributed by atoms with Gasteiger partial charge in [0.15, 0.2) is 0 Å². The van der Waals surface area contributed by atoms with Gasteiger partial charge in [0, 0.05) is 40.3 Å². The normalized spacial score (nSPS) is 17.0. The van der Waals surface area contributed by atoms with Crippen LogP contribution in [-0.2, 0) is 18.3 Å². The molecule has 0 saturated heterocycles. The summed E-state index contributed by atoms with van der Waals surface area (Å²) in [5, 5.41) is 18.9. The van der Waals surface area contributed by atoms with E-state index in [-0.39, 0.29) is 17.9 Å². The van der Waals surface area contributed by atoms with Gasteiger partial charge in [-0.05, 0) is 95.0 Å². The van der Waals surface area contributed by atoms with E-state index >= 15 is 0 Å². The number of H-pyrrole nitrogens is 1. The molecule has 2 aromatic heterocycles. The van der Waals surface area contributed by atoms with Crippen LogP contribution in [0.5, 0.6) is 5.75 Å². The highest BCUT2D eigenvalue weighted by Crippen LogP contribution is 2.36. The summed E-state index contributed by atoms with van der Waals surface area (Å²) < 4.78 is 7.96. The molecule has 9 heteroatoms. The molecule has 8 nitrogen and oxygen atoms in total. The third kappa shape index (κ3) is 5.91. The van der Waals surface area contributed by atoms with Crippen LogP contribution in [0, 0.1) is 33.6 Å². The Balaban J connectivity index is 1.43. The third-order valence-corrected chi connectivity index (χ3v) is 9.20. The van der Waals surface area contributed by atoms with Crippen molar-refractivity contribution in [3.63, 3.8) is 0 Å². The molecule has 5 rings (SSSR count). The number of amides is 1. The SMILES string of the molecule is Cc1cc(OCCCc2c(C(=O)N[C@H]3CC[C@H](C(=O)O)CC3)[nH]c3c(-c4c(C)nn(C)c4C)cccc23)cc(C)c1Cl. The Labute approximate surface area is 251 Å². The summed E-state index contributed by atoms with van der Waals surface area (Å²) in [6.07, 6.45) is 3.83. The second kappa shape index (κ2) is 12.2. The first-order valence-corrected chi connectivity index (χ1v) is 15.0. The number of hydrogen-bond donors (Lipinski definition) is 3. The van der Waals surface area contributed by atoms with Gasteiger partial charge >= 0.3 is 5.97 Å². The number of nitrogens with one attached hydrogen (secondary N) is 2. The molecule has 2 aromatic carbocycles. The van der Waals surface area contributed by atoms with Crippen molar-refractivity contribution in [2.45, 2.75) is 72.3 Å². The minimum Gasteiger partial charge on any atom is -0.494 e. The van der Waals surface area contributed by atoms with E-state index in [1.54, 1.807) is 0 Å². The van der Waals surface area contributed by atoms with Crippen LogP contribution in [-0.4, -0.2) is 44.4 Å². The van der Waals surface area contributed by atoms with Crippen molar-refractivity contribution in [1.82, 2.24) is 20.1 Å². The van der Waals surface area contributed by atoms with Gasteiger partial charge in [0.1, 0.15) is 11.4 Å². The maximum Gasteiger partial charge on any atom is 0.306 e. The molecular formula is C33H39ClN4O4. The lowest BCUT2D eigenvalue weighted by molar-refractivity contribution is -0.142. The van der Waals surface area contributed by atoms with Crippen LogP contribution in [0.3, 0.4) is 0 Å². The van der Waals surface area contributed by atoms with Crippen molar-refractivity contribution in [1.29, 1.82) is 0 Å².